The Labute approximate surface area is 240 Å². The van der Waals surface area contributed by atoms with Crippen molar-refractivity contribution < 1.29 is 19.1 Å². The number of thiocarbonyl (C=S) groups is 1. The zero-order valence-electron chi connectivity index (χ0n) is 21.1. The van der Waals surface area contributed by atoms with Crippen molar-refractivity contribution in [1.82, 2.24) is 0 Å². The van der Waals surface area contributed by atoms with Crippen LogP contribution in [0.5, 0.6) is 11.5 Å². The predicted octanol–water partition coefficient (Wildman–Crippen LogP) is 7.35. The molecule has 38 heavy (non-hydrogen) atoms. The Morgan fingerprint density at radius 3 is 2.50 bits per heavy atom. The van der Waals surface area contributed by atoms with Crippen LogP contribution in [0.25, 0.3) is 6.08 Å². The van der Waals surface area contributed by atoms with E-state index in [2.05, 4.69) is 5.32 Å². The lowest BCUT2D eigenvalue weighted by molar-refractivity contribution is -0.118. The molecule has 1 fully saturated rings. The third-order valence-electron chi connectivity index (χ3n) is 5.91. The number of nitrogens with zero attached hydrogens (tertiary/aromatic N) is 1. The summed E-state index contributed by atoms with van der Waals surface area (Å²) < 4.78 is 11.6. The molecule has 0 aliphatic carbocycles. The molecule has 10 heteroatoms. The number of aryl methyl sites for hydroxylation is 3. The Hall–Kier alpha value is -3.04. The van der Waals surface area contributed by atoms with Crippen LogP contribution >= 0.6 is 47.2 Å². The van der Waals surface area contributed by atoms with Crippen LogP contribution in [0.2, 0.25) is 10.0 Å². The molecule has 2 amide bonds. The number of methoxy groups -OCH3 is 1. The Kier molecular flexibility index (Phi) is 8.67. The molecule has 3 aromatic carbocycles. The van der Waals surface area contributed by atoms with Gasteiger partial charge >= 0.3 is 0 Å². The summed E-state index contributed by atoms with van der Waals surface area (Å²) in [7, 11) is 1.47. The molecule has 6 nitrogen and oxygen atoms in total. The molecular formula is C28H24Cl2N2O4S2. The third kappa shape index (κ3) is 6.15. The van der Waals surface area contributed by atoms with Gasteiger partial charge in [0.25, 0.3) is 11.8 Å². The predicted molar refractivity (Wildman–Crippen MR) is 160 cm³/mol. The van der Waals surface area contributed by atoms with Gasteiger partial charge < -0.3 is 14.8 Å². The summed E-state index contributed by atoms with van der Waals surface area (Å²) in [6, 6.07) is 14.3. The second-order valence-corrected chi connectivity index (χ2v) is 11.1. The summed E-state index contributed by atoms with van der Waals surface area (Å²) in [5.74, 6) is -0.0636. The number of hydrogen-bond acceptors (Lipinski definition) is 6. The van der Waals surface area contributed by atoms with Crippen molar-refractivity contribution in [3.8, 4) is 11.5 Å². The Bertz CT molecular complexity index is 1490. The lowest BCUT2D eigenvalue weighted by Crippen LogP contribution is -2.27. The van der Waals surface area contributed by atoms with Crippen LogP contribution < -0.4 is 19.7 Å². The number of carbonyl (C=O) groups excluding carboxylic acids is 2. The first-order chi connectivity index (χ1) is 18.1. The van der Waals surface area contributed by atoms with E-state index in [1.165, 1.54) is 23.8 Å². The van der Waals surface area contributed by atoms with Gasteiger partial charge in [-0.3, -0.25) is 14.5 Å². The topological polar surface area (TPSA) is 67.9 Å². The van der Waals surface area contributed by atoms with Gasteiger partial charge in [-0.1, -0.05) is 59.3 Å². The van der Waals surface area contributed by atoms with Crippen molar-refractivity contribution in [2.24, 2.45) is 0 Å². The molecule has 1 heterocycles. The zero-order chi connectivity index (χ0) is 27.6. The number of nitrogens with one attached hydrogen (secondary N) is 1. The van der Waals surface area contributed by atoms with Crippen LogP contribution in [-0.4, -0.2) is 29.9 Å². The summed E-state index contributed by atoms with van der Waals surface area (Å²) in [5.41, 5.74) is 5.02. The maximum Gasteiger partial charge on any atom is 0.270 e. The second kappa shape index (κ2) is 11.8. The number of carbonyl (C=O) groups is 2. The van der Waals surface area contributed by atoms with Crippen molar-refractivity contribution in [3.05, 3.63) is 85.7 Å². The van der Waals surface area contributed by atoms with Gasteiger partial charge in [0.05, 0.1) is 22.7 Å². The highest BCUT2D eigenvalue weighted by molar-refractivity contribution is 8.27. The highest BCUT2D eigenvalue weighted by Gasteiger charge is 2.33. The van der Waals surface area contributed by atoms with Crippen molar-refractivity contribution in [1.29, 1.82) is 0 Å². The van der Waals surface area contributed by atoms with Gasteiger partial charge in [-0.05, 0) is 85.5 Å². The fourth-order valence-corrected chi connectivity index (χ4v) is 5.47. The number of ether oxygens (including phenoxy) is 2. The van der Waals surface area contributed by atoms with Crippen LogP contribution in [0.15, 0.2) is 53.4 Å². The van der Waals surface area contributed by atoms with E-state index >= 15 is 0 Å². The molecule has 1 N–H and O–H groups in total. The molecule has 0 spiro atoms. The lowest BCUT2D eigenvalue weighted by atomic mass is 10.1. The summed E-state index contributed by atoms with van der Waals surface area (Å²) in [6.07, 6.45) is 1.70. The average molecular weight is 588 g/mol. The minimum atomic E-state index is -0.382. The normalized spacial score (nSPS) is 14.3. The molecule has 0 radical (unpaired) electrons. The smallest absolute Gasteiger partial charge is 0.270 e. The quantitative estimate of drug-likeness (QED) is 0.230. The fourth-order valence-electron chi connectivity index (χ4n) is 3.72. The van der Waals surface area contributed by atoms with Crippen molar-refractivity contribution in [3.63, 3.8) is 0 Å². The Morgan fingerprint density at radius 1 is 1.05 bits per heavy atom. The largest absolute Gasteiger partial charge is 0.493 e. The van der Waals surface area contributed by atoms with E-state index in [1.54, 1.807) is 30.3 Å². The Morgan fingerprint density at radius 2 is 1.79 bits per heavy atom. The molecule has 0 aromatic heterocycles. The fraction of sp³-hybridized carbons (Fsp3) is 0.179. The molecular weight excluding hydrogens is 563 g/mol. The number of amides is 2. The van der Waals surface area contributed by atoms with Crippen molar-refractivity contribution in [2.45, 2.75) is 20.8 Å². The van der Waals surface area contributed by atoms with Crippen LogP contribution in [-0.2, 0) is 9.59 Å². The van der Waals surface area contributed by atoms with E-state index in [4.69, 9.17) is 44.9 Å². The minimum absolute atomic E-state index is 0.215. The van der Waals surface area contributed by atoms with Gasteiger partial charge in [0.2, 0.25) is 0 Å². The van der Waals surface area contributed by atoms with Gasteiger partial charge in [0, 0.05) is 10.7 Å². The zero-order valence-corrected chi connectivity index (χ0v) is 24.2. The van der Waals surface area contributed by atoms with Crippen molar-refractivity contribution >= 4 is 80.8 Å². The molecule has 1 saturated heterocycles. The number of rotatable bonds is 7. The first-order valence-corrected chi connectivity index (χ1v) is 13.5. The molecule has 1 aliphatic rings. The highest BCUT2D eigenvalue weighted by Crippen LogP contribution is 2.40. The standard InChI is InChI=1S/C28H24Cl2N2O4S2/c1-15-6-8-20(9-17(15)3)32-27(34)24(38-28(32)37)12-18-10-21(30)26(23(11-18)35-4)36-14-25(33)31-22-13-19(29)7-5-16(22)2/h5-13H,14H2,1-4H3,(H,31,33)/b24-12-. The van der Waals surface area contributed by atoms with E-state index in [0.717, 1.165) is 22.4 Å². The van der Waals surface area contributed by atoms with Gasteiger partial charge in [-0.15, -0.1) is 0 Å². The maximum absolute atomic E-state index is 13.2. The summed E-state index contributed by atoms with van der Waals surface area (Å²) in [5, 5.41) is 3.51. The second-order valence-electron chi connectivity index (χ2n) is 8.62. The van der Waals surface area contributed by atoms with Crippen LogP contribution in [0.3, 0.4) is 0 Å². The highest BCUT2D eigenvalue weighted by atomic mass is 35.5. The maximum atomic E-state index is 13.2. The number of anilines is 2. The lowest BCUT2D eigenvalue weighted by Gasteiger charge is -2.16. The average Bonchev–Trinajstić information content (AvgIpc) is 3.14. The first kappa shape index (κ1) is 28.0. The van der Waals surface area contributed by atoms with E-state index < -0.39 is 0 Å². The number of halogens is 2. The van der Waals surface area contributed by atoms with E-state index in [0.29, 0.717) is 31.2 Å². The third-order valence-corrected chi connectivity index (χ3v) is 7.73. The van der Waals surface area contributed by atoms with Crippen LogP contribution in [0.1, 0.15) is 22.3 Å². The van der Waals surface area contributed by atoms with Gasteiger partial charge in [-0.2, -0.15) is 0 Å². The SMILES string of the molecule is COc1cc(/C=C2\SC(=S)N(c3ccc(C)c(C)c3)C2=O)cc(Cl)c1OCC(=O)Nc1cc(Cl)ccc1C. The number of benzene rings is 3. The van der Waals surface area contributed by atoms with E-state index in [1.807, 2.05) is 45.0 Å². The van der Waals surface area contributed by atoms with Gasteiger partial charge in [0.15, 0.2) is 22.4 Å². The summed E-state index contributed by atoms with van der Waals surface area (Å²) >= 11 is 19.2. The monoisotopic (exact) mass is 586 g/mol. The van der Waals surface area contributed by atoms with E-state index in [9.17, 15) is 9.59 Å². The van der Waals surface area contributed by atoms with Crippen LogP contribution in [0.4, 0.5) is 11.4 Å². The molecule has 3 aromatic rings. The molecule has 0 bridgehead atoms. The number of hydrogen-bond donors (Lipinski definition) is 1. The molecule has 0 saturated carbocycles. The first-order valence-electron chi connectivity index (χ1n) is 11.5. The molecule has 196 valence electrons. The molecule has 1 aliphatic heterocycles. The molecule has 0 atom stereocenters. The van der Waals surface area contributed by atoms with Crippen LogP contribution in [0, 0.1) is 20.8 Å². The van der Waals surface area contributed by atoms with Gasteiger partial charge in [-0.25, -0.2) is 0 Å². The van der Waals surface area contributed by atoms with E-state index in [-0.39, 0.29) is 29.2 Å². The molecule has 0 unspecified atom stereocenters. The minimum Gasteiger partial charge on any atom is -0.493 e. The Balaban J connectivity index is 1.51. The molecule has 4 rings (SSSR count). The van der Waals surface area contributed by atoms with Crippen molar-refractivity contribution in [2.75, 3.05) is 23.9 Å². The van der Waals surface area contributed by atoms with Gasteiger partial charge in [0.1, 0.15) is 0 Å². The number of thioether (sulfide) groups is 1. The summed E-state index contributed by atoms with van der Waals surface area (Å²) in [4.78, 5) is 27.7. The summed E-state index contributed by atoms with van der Waals surface area (Å²) in [6.45, 7) is 5.57.